The zero-order chi connectivity index (χ0) is 28.9. The molecule has 2 aromatic rings. The van der Waals surface area contributed by atoms with Crippen molar-refractivity contribution in [3.05, 3.63) is 47.7 Å². The van der Waals surface area contributed by atoms with Gasteiger partial charge >= 0.3 is 6.09 Å². The van der Waals surface area contributed by atoms with E-state index in [4.69, 9.17) is 4.42 Å². The summed E-state index contributed by atoms with van der Waals surface area (Å²) in [4.78, 5) is 53.4. The quantitative estimate of drug-likeness (QED) is 0.437. The number of rotatable bonds is 10. The maximum absolute atomic E-state index is 13.4. The van der Waals surface area contributed by atoms with Gasteiger partial charge in [0.25, 0.3) is 5.89 Å². The highest BCUT2D eigenvalue weighted by Gasteiger charge is 2.41. The number of aromatic nitrogens is 2. The van der Waals surface area contributed by atoms with E-state index in [1.165, 1.54) is 12.0 Å². The summed E-state index contributed by atoms with van der Waals surface area (Å²) < 4.78 is 10.5. The van der Waals surface area contributed by atoms with Crippen molar-refractivity contribution >= 4 is 23.7 Å². The summed E-state index contributed by atoms with van der Waals surface area (Å²) in [7, 11) is 1.22. The third-order valence-corrected chi connectivity index (χ3v) is 7.14. The molecule has 1 fully saturated rings. The van der Waals surface area contributed by atoms with E-state index >= 15 is 0 Å². The van der Waals surface area contributed by atoms with E-state index in [0.29, 0.717) is 19.4 Å². The standard InChI is InChI=1S/C28H39N5O6/c1-16(2)20(22(34)24-31-32-26(39-24)28(5,6)18-12-9-8-10-13-18)29-23(35)19-14-11-15-33(19)25(36)21(17(3)4)30-27(37)38-7/h8-10,12-13,16-17,19-21H,11,14-15H2,1-7H3,(H,29,35)(H,30,37)/t19?,20-,21?/m0/s1. The van der Waals surface area contributed by atoms with Gasteiger partial charge in [0.1, 0.15) is 12.1 Å². The first-order valence-corrected chi connectivity index (χ1v) is 13.3. The second-order valence-corrected chi connectivity index (χ2v) is 11.0. The second-order valence-electron chi connectivity index (χ2n) is 11.0. The molecule has 1 aliphatic heterocycles. The Hall–Kier alpha value is -3.76. The van der Waals surface area contributed by atoms with Gasteiger partial charge in [-0.15, -0.1) is 10.2 Å². The summed E-state index contributed by atoms with van der Waals surface area (Å²) in [6, 6.07) is 7.07. The number of alkyl carbamates (subject to hydrolysis) is 1. The Labute approximate surface area is 229 Å². The van der Waals surface area contributed by atoms with Crippen molar-refractivity contribution in [2.45, 2.75) is 77.9 Å². The number of nitrogens with one attached hydrogen (secondary N) is 2. The molecular weight excluding hydrogens is 502 g/mol. The molecule has 2 unspecified atom stereocenters. The SMILES string of the molecule is COC(=O)NC(C(=O)N1CCCC1C(=O)N[C@H](C(=O)c1nnc(C(C)(C)c2ccccc2)o1)C(C)C)C(C)C. The fourth-order valence-electron chi connectivity index (χ4n) is 4.65. The van der Waals surface area contributed by atoms with Crippen molar-refractivity contribution in [1.29, 1.82) is 0 Å². The maximum atomic E-state index is 13.4. The topological polar surface area (TPSA) is 144 Å². The second kappa shape index (κ2) is 12.4. The highest BCUT2D eigenvalue weighted by Crippen LogP contribution is 2.30. The average Bonchev–Trinajstić information content (AvgIpc) is 3.60. The number of methoxy groups -OCH3 is 1. The molecule has 0 saturated carbocycles. The lowest BCUT2D eigenvalue weighted by Gasteiger charge is -2.31. The Morgan fingerprint density at radius 2 is 1.64 bits per heavy atom. The zero-order valence-corrected chi connectivity index (χ0v) is 23.7. The van der Waals surface area contributed by atoms with Crippen molar-refractivity contribution < 1.29 is 28.3 Å². The molecule has 2 heterocycles. The van der Waals surface area contributed by atoms with Crippen LogP contribution in [0.25, 0.3) is 0 Å². The third kappa shape index (κ3) is 6.63. The van der Waals surface area contributed by atoms with E-state index in [0.717, 1.165) is 5.56 Å². The van der Waals surface area contributed by atoms with Crippen molar-refractivity contribution in [2.75, 3.05) is 13.7 Å². The lowest BCUT2D eigenvalue weighted by Crippen LogP contribution is -2.57. The number of hydrogen-bond acceptors (Lipinski definition) is 8. The molecule has 3 amide bonds. The molecule has 0 aliphatic carbocycles. The van der Waals surface area contributed by atoms with Crippen LogP contribution in [0.5, 0.6) is 0 Å². The fraction of sp³-hybridized carbons (Fsp3) is 0.571. The smallest absolute Gasteiger partial charge is 0.407 e. The van der Waals surface area contributed by atoms with Gasteiger partial charge in [-0.2, -0.15) is 0 Å². The summed E-state index contributed by atoms with van der Waals surface area (Å²) in [5.74, 6) is -1.72. The highest BCUT2D eigenvalue weighted by molar-refractivity contribution is 6.00. The van der Waals surface area contributed by atoms with Gasteiger partial charge in [0.2, 0.25) is 23.5 Å². The number of Topliss-reactive ketones (excluding diaryl/α,β-unsaturated/α-hetero) is 1. The first kappa shape index (κ1) is 29.8. The summed E-state index contributed by atoms with van der Waals surface area (Å²) in [5, 5.41) is 13.5. The minimum Gasteiger partial charge on any atom is -0.453 e. The summed E-state index contributed by atoms with van der Waals surface area (Å²) in [5.41, 5.74) is 0.327. The number of ketones is 1. The Kier molecular flexibility index (Phi) is 9.47. The molecule has 1 aromatic heterocycles. The van der Waals surface area contributed by atoms with Crippen LogP contribution in [0.1, 0.15) is 76.5 Å². The number of nitrogens with zero attached hydrogens (tertiary/aromatic N) is 3. The molecule has 0 spiro atoms. The first-order chi connectivity index (χ1) is 18.4. The number of amides is 3. The lowest BCUT2D eigenvalue weighted by molar-refractivity contribution is -0.141. The molecule has 11 nitrogen and oxygen atoms in total. The van der Waals surface area contributed by atoms with Gasteiger partial charge in [0, 0.05) is 6.54 Å². The zero-order valence-electron chi connectivity index (χ0n) is 23.7. The van der Waals surface area contributed by atoms with Gasteiger partial charge < -0.3 is 24.7 Å². The normalized spacial score (nSPS) is 17.2. The largest absolute Gasteiger partial charge is 0.453 e. The molecule has 39 heavy (non-hydrogen) atoms. The molecule has 0 bridgehead atoms. The number of carbonyl (C=O) groups excluding carboxylic acids is 4. The molecular formula is C28H39N5O6. The van der Waals surface area contributed by atoms with Crippen LogP contribution in [0.2, 0.25) is 0 Å². The molecule has 1 aromatic carbocycles. The van der Waals surface area contributed by atoms with Crippen LogP contribution >= 0.6 is 0 Å². The van der Waals surface area contributed by atoms with E-state index < -0.39 is 41.3 Å². The lowest BCUT2D eigenvalue weighted by atomic mass is 9.85. The highest BCUT2D eigenvalue weighted by atomic mass is 16.5. The van der Waals surface area contributed by atoms with Gasteiger partial charge in [-0.1, -0.05) is 58.0 Å². The van der Waals surface area contributed by atoms with Crippen molar-refractivity contribution in [3.8, 4) is 0 Å². The van der Waals surface area contributed by atoms with Crippen LogP contribution < -0.4 is 10.6 Å². The van der Waals surface area contributed by atoms with Crippen LogP contribution in [0, 0.1) is 11.8 Å². The molecule has 1 aliphatic rings. The Morgan fingerprint density at radius 3 is 2.23 bits per heavy atom. The molecule has 0 radical (unpaired) electrons. The fourth-order valence-corrected chi connectivity index (χ4v) is 4.65. The van der Waals surface area contributed by atoms with Crippen molar-refractivity contribution in [2.24, 2.45) is 11.8 Å². The summed E-state index contributed by atoms with van der Waals surface area (Å²) >= 11 is 0. The van der Waals surface area contributed by atoms with E-state index in [1.807, 2.05) is 44.2 Å². The van der Waals surface area contributed by atoms with Gasteiger partial charge in [-0.05, 0) is 44.1 Å². The molecule has 1 saturated heterocycles. The minimum atomic E-state index is -0.933. The minimum absolute atomic E-state index is 0.186. The van der Waals surface area contributed by atoms with Crippen molar-refractivity contribution in [3.63, 3.8) is 0 Å². The average molecular weight is 542 g/mol. The van der Waals surface area contributed by atoms with Gasteiger partial charge in [-0.3, -0.25) is 14.4 Å². The maximum Gasteiger partial charge on any atom is 0.407 e. The van der Waals surface area contributed by atoms with Crippen LogP contribution in [0.3, 0.4) is 0 Å². The molecule has 3 rings (SSSR count). The first-order valence-electron chi connectivity index (χ1n) is 13.3. The number of hydrogen-bond donors (Lipinski definition) is 2. The number of ether oxygens (including phenoxy) is 1. The Morgan fingerprint density at radius 1 is 1.00 bits per heavy atom. The summed E-state index contributed by atoms with van der Waals surface area (Å²) in [6.45, 7) is 11.4. The Bertz CT molecular complexity index is 1180. The van der Waals surface area contributed by atoms with E-state index in [1.54, 1.807) is 27.7 Å². The molecule has 11 heteroatoms. The van der Waals surface area contributed by atoms with Gasteiger partial charge in [-0.25, -0.2) is 4.79 Å². The molecule has 2 N–H and O–H groups in total. The van der Waals surface area contributed by atoms with Crippen molar-refractivity contribution in [1.82, 2.24) is 25.7 Å². The van der Waals surface area contributed by atoms with Crippen LogP contribution in [0.4, 0.5) is 4.79 Å². The van der Waals surface area contributed by atoms with E-state index in [2.05, 4.69) is 25.6 Å². The molecule has 3 atom stereocenters. The van der Waals surface area contributed by atoms with E-state index in [-0.39, 0.29) is 29.5 Å². The van der Waals surface area contributed by atoms with Gasteiger partial charge in [0.15, 0.2) is 0 Å². The monoisotopic (exact) mass is 541 g/mol. The van der Waals surface area contributed by atoms with Crippen LogP contribution in [0.15, 0.2) is 34.7 Å². The predicted octanol–water partition coefficient (Wildman–Crippen LogP) is 3.09. The van der Waals surface area contributed by atoms with Gasteiger partial charge in [0.05, 0.1) is 18.6 Å². The van der Waals surface area contributed by atoms with Crippen LogP contribution in [-0.2, 0) is 19.7 Å². The Balaban J connectivity index is 1.76. The number of likely N-dealkylation sites (tertiary alicyclic amines) is 1. The molecule has 212 valence electrons. The predicted molar refractivity (Wildman–Crippen MR) is 143 cm³/mol. The number of benzene rings is 1. The third-order valence-electron chi connectivity index (χ3n) is 7.14. The summed E-state index contributed by atoms with van der Waals surface area (Å²) in [6.07, 6.45) is 0.340. The van der Waals surface area contributed by atoms with Crippen LogP contribution in [-0.4, -0.2) is 70.6 Å². The van der Waals surface area contributed by atoms with E-state index in [9.17, 15) is 19.2 Å². The number of carbonyl (C=O) groups is 4.